The molecule has 1 unspecified atom stereocenters. The van der Waals surface area contributed by atoms with Crippen LogP contribution in [0.4, 0.5) is 10.1 Å². The molecule has 0 bridgehead atoms. The average molecular weight is 304 g/mol. The van der Waals surface area contributed by atoms with Crippen molar-refractivity contribution in [3.05, 3.63) is 52.0 Å². The van der Waals surface area contributed by atoms with Gasteiger partial charge in [0.2, 0.25) is 11.8 Å². The Kier molecular flexibility index (Phi) is 3.47. The van der Waals surface area contributed by atoms with Crippen LogP contribution in [0.3, 0.4) is 0 Å². The highest BCUT2D eigenvalue weighted by Crippen LogP contribution is 2.37. The molecule has 0 radical (unpaired) electrons. The van der Waals surface area contributed by atoms with E-state index in [0.29, 0.717) is 11.3 Å². The Morgan fingerprint density at radius 1 is 1.43 bits per heavy atom. The highest BCUT2D eigenvalue weighted by atomic mass is 32.1. The third-order valence-corrected chi connectivity index (χ3v) is 4.35. The number of halogens is 1. The summed E-state index contributed by atoms with van der Waals surface area (Å²) in [6.07, 6.45) is 0. The van der Waals surface area contributed by atoms with Crippen molar-refractivity contribution in [3.63, 3.8) is 0 Å². The normalized spacial score (nSPS) is 17.9. The molecule has 2 amide bonds. The molecule has 1 aliphatic heterocycles. The van der Waals surface area contributed by atoms with Crippen molar-refractivity contribution in [1.29, 1.82) is 0 Å². The molecule has 0 aliphatic carbocycles. The summed E-state index contributed by atoms with van der Waals surface area (Å²) in [4.78, 5) is 26.3. The molecule has 0 saturated carbocycles. The molecule has 1 aromatic carbocycles. The van der Waals surface area contributed by atoms with Gasteiger partial charge in [0.25, 0.3) is 0 Å². The third kappa shape index (κ3) is 2.54. The summed E-state index contributed by atoms with van der Waals surface area (Å²) in [6, 6.07) is 7.52. The van der Waals surface area contributed by atoms with E-state index in [1.807, 2.05) is 17.5 Å². The van der Waals surface area contributed by atoms with Crippen LogP contribution < -0.4 is 5.32 Å². The number of fused-ring (bicyclic) bond motifs is 1. The Hall–Kier alpha value is -2.21. The van der Waals surface area contributed by atoms with Crippen LogP contribution in [0.1, 0.15) is 23.4 Å². The second-order valence-corrected chi connectivity index (χ2v) is 5.82. The van der Waals surface area contributed by atoms with Crippen LogP contribution in [0, 0.1) is 5.82 Å². The number of anilines is 1. The molecular formula is C15H13FN2O2S. The van der Waals surface area contributed by atoms with Crippen LogP contribution in [-0.2, 0) is 9.59 Å². The minimum Gasteiger partial charge on any atom is -0.324 e. The van der Waals surface area contributed by atoms with E-state index in [2.05, 4.69) is 5.32 Å². The fraction of sp³-hybridized carbons (Fsp3) is 0.200. The van der Waals surface area contributed by atoms with Gasteiger partial charge in [-0.1, -0.05) is 6.07 Å². The molecule has 1 atom stereocenters. The maximum absolute atomic E-state index is 13.7. The van der Waals surface area contributed by atoms with Crippen LogP contribution in [0.2, 0.25) is 0 Å². The van der Waals surface area contributed by atoms with Crippen LogP contribution >= 0.6 is 11.3 Å². The number of nitrogens with one attached hydrogen (secondary N) is 1. The predicted molar refractivity (Wildman–Crippen MR) is 78.6 cm³/mol. The first-order valence-corrected chi connectivity index (χ1v) is 7.34. The lowest BCUT2D eigenvalue weighted by molar-refractivity contribution is -0.134. The van der Waals surface area contributed by atoms with Crippen LogP contribution in [0.5, 0.6) is 0 Å². The van der Waals surface area contributed by atoms with Gasteiger partial charge >= 0.3 is 0 Å². The summed E-state index contributed by atoms with van der Waals surface area (Å²) in [5, 5.41) is 4.63. The molecule has 4 nitrogen and oxygen atoms in total. The molecule has 0 spiro atoms. The molecule has 2 aromatic rings. The Balaban J connectivity index is 2.21. The zero-order chi connectivity index (χ0) is 15.0. The first-order valence-electron chi connectivity index (χ1n) is 6.46. The van der Waals surface area contributed by atoms with Crippen LogP contribution in [0.25, 0.3) is 0 Å². The molecule has 21 heavy (non-hydrogen) atoms. The smallest absolute Gasteiger partial charge is 0.244 e. The number of carbonyl (C=O) groups excluding carboxylic acids is 2. The van der Waals surface area contributed by atoms with E-state index in [1.54, 1.807) is 0 Å². The van der Waals surface area contributed by atoms with Gasteiger partial charge < -0.3 is 10.2 Å². The zero-order valence-electron chi connectivity index (χ0n) is 11.3. The van der Waals surface area contributed by atoms with Gasteiger partial charge in [-0.2, -0.15) is 0 Å². The van der Waals surface area contributed by atoms with Gasteiger partial charge in [0.05, 0.1) is 6.04 Å². The maximum Gasteiger partial charge on any atom is 0.244 e. The minimum absolute atomic E-state index is 0.0474. The standard InChI is InChI=1S/C15H13FN2O2S/c1-9(19)18-8-14(20)17-12-5-4-10(16)7-11(12)15(18)13-3-2-6-21-13/h2-7,15H,8H2,1H3,(H,17,20). The number of hydrogen-bond acceptors (Lipinski definition) is 3. The SMILES string of the molecule is CC(=O)N1CC(=O)Nc2ccc(F)cc2C1c1cccs1. The second kappa shape index (κ2) is 5.29. The average Bonchev–Trinajstić information content (AvgIpc) is 2.90. The Morgan fingerprint density at radius 3 is 2.90 bits per heavy atom. The summed E-state index contributed by atoms with van der Waals surface area (Å²) >= 11 is 1.48. The van der Waals surface area contributed by atoms with E-state index >= 15 is 0 Å². The summed E-state index contributed by atoms with van der Waals surface area (Å²) in [5.74, 6) is -0.896. The summed E-state index contributed by atoms with van der Waals surface area (Å²) < 4.78 is 13.7. The zero-order valence-corrected chi connectivity index (χ0v) is 12.1. The lowest BCUT2D eigenvalue weighted by atomic mass is 10.0. The second-order valence-electron chi connectivity index (χ2n) is 4.84. The Labute approximate surface area is 125 Å². The van der Waals surface area contributed by atoms with Crippen molar-refractivity contribution in [2.45, 2.75) is 13.0 Å². The van der Waals surface area contributed by atoms with Crippen molar-refractivity contribution in [2.24, 2.45) is 0 Å². The molecule has 0 saturated heterocycles. The number of amides is 2. The van der Waals surface area contributed by atoms with E-state index < -0.39 is 11.9 Å². The summed E-state index contributed by atoms with van der Waals surface area (Å²) in [7, 11) is 0. The molecule has 1 aromatic heterocycles. The number of hydrogen-bond donors (Lipinski definition) is 1. The van der Waals surface area contributed by atoms with Gasteiger partial charge in [0.15, 0.2) is 0 Å². The van der Waals surface area contributed by atoms with Crippen molar-refractivity contribution in [1.82, 2.24) is 4.90 Å². The molecule has 0 fully saturated rings. The van der Waals surface area contributed by atoms with E-state index in [0.717, 1.165) is 4.88 Å². The fourth-order valence-electron chi connectivity index (χ4n) is 2.52. The van der Waals surface area contributed by atoms with Crippen molar-refractivity contribution >= 4 is 28.8 Å². The molecular weight excluding hydrogens is 291 g/mol. The van der Waals surface area contributed by atoms with Crippen LogP contribution in [-0.4, -0.2) is 23.3 Å². The molecule has 108 valence electrons. The van der Waals surface area contributed by atoms with E-state index in [9.17, 15) is 14.0 Å². The lowest BCUT2D eigenvalue weighted by Gasteiger charge is -2.28. The third-order valence-electron chi connectivity index (χ3n) is 3.43. The predicted octanol–water partition coefficient (Wildman–Crippen LogP) is 2.78. The lowest BCUT2D eigenvalue weighted by Crippen LogP contribution is -2.37. The van der Waals surface area contributed by atoms with Gasteiger partial charge in [-0.15, -0.1) is 11.3 Å². The number of rotatable bonds is 1. The van der Waals surface area contributed by atoms with Crippen molar-refractivity contribution in [3.8, 4) is 0 Å². The Morgan fingerprint density at radius 2 is 2.24 bits per heavy atom. The van der Waals surface area contributed by atoms with E-state index in [4.69, 9.17) is 0 Å². The largest absolute Gasteiger partial charge is 0.324 e. The van der Waals surface area contributed by atoms with Crippen molar-refractivity contribution in [2.75, 3.05) is 11.9 Å². The minimum atomic E-state index is -0.452. The maximum atomic E-state index is 13.7. The summed E-state index contributed by atoms with van der Waals surface area (Å²) in [6.45, 7) is 1.37. The number of thiophene rings is 1. The van der Waals surface area contributed by atoms with E-state index in [1.165, 1.54) is 41.4 Å². The van der Waals surface area contributed by atoms with Gasteiger partial charge in [-0.25, -0.2) is 4.39 Å². The topological polar surface area (TPSA) is 49.4 Å². The number of nitrogens with zero attached hydrogens (tertiary/aromatic N) is 1. The van der Waals surface area contributed by atoms with Gasteiger partial charge in [-0.3, -0.25) is 9.59 Å². The summed E-state index contributed by atoms with van der Waals surface area (Å²) in [5.41, 5.74) is 1.14. The van der Waals surface area contributed by atoms with E-state index in [-0.39, 0.29) is 18.4 Å². The monoisotopic (exact) mass is 304 g/mol. The van der Waals surface area contributed by atoms with Gasteiger partial charge in [0, 0.05) is 23.1 Å². The van der Waals surface area contributed by atoms with Gasteiger partial charge in [-0.05, 0) is 29.6 Å². The first-order chi connectivity index (χ1) is 10.1. The Bertz CT molecular complexity index is 700. The number of benzene rings is 1. The molecule has 1 aliphatic rings. The van der Waals surface area contributed by atoms with Crippen molar-refractivity contribution < 1.29 is 14.0 Å². The fourth-order valence-corrected chi connectivity index (χ4v) is 3.38. The molecule has 2 heterocycles. The highest BCUT2D eigenvalue weighted by molar-refractivity contribution is 7.10. The van der Waals surface area contributed by atoms with Gasteiger partial charge in [0.1, 0.15) is 12.4 Å². The molecule has 6 heteroatoms. The van der Waals surface area contributed by atoms with Crippen LogP contribution in [0.15, 0.2) is 35.7 Å². The molecule has 3 rings (SSSR count). The molecule has 1 N–H and O–H groups in total. The highest BCUT2D eigenvalue weighted by Gasteiger charge is 2.32. The first kappa shape index (κ1) is 13.8. The quantitative estimate of drug-likeness (QED) is 0.880. The number of carbonyl (C=O) groups is 2.